The van der Waals surface area contributed by atoms with Crippen LogP contribution in [0.4, 0.5) is 5.69 Å². The summed E-state index contributed by atoms with van der Waals surface area (Å²) in [6.45, 7) is 6.35. The summed E-state index contributed by atoms with van der Waals surface area (Å²) in [4.78, 5) is 4.73. The molecule has 3 heterocycles. The van der Waals surface area contributed by atoms with Gasteiger partial charge in [0, 0.05) is 44.6 Å². The fourth-order valence-electron chi connectivity index (χ4n) is 3.82. The summed E-state index contributed by atoms with van der Waals surface area (Å²) in [5.74, 6) is 0. The standard InChI is InChI=1S/C18H25N5O2/c24-18(15-23-8-6-19-20-23)5-7-21(14-18)13-16-3-1-2-4-17(16)22-9-11-25-12-10-22/h1-4,6,8,24H,5,7,9-15H2. The van der Waals surface area contributed by atoms with E-state index in [0.717, 1.165) is 45.8 Å². The molecule has 7 nitrogen and oxygen atoms in total. The molecule has 1 N–H and O–H groups in total. The second kappa shape index (κ2) is 7.11. The Bertz CT molecular complexity index is 687. The van der Waals surface area contributed by atoms with E-state index in [9.17, 15) is 5.11 Å². The molecule has 4 rings (SSSR count). The Hall–Kier alpha value is -1.96. The van der Waals surface area contributed by atoms with E-state index in [1.807, 2.05) is 0 Å². The fraction of sp³-hybridized carbons (Fsp3) is 0.556. The topological polar surface area (TPSA) is 66.7 Å². The fourth-order valence-corrected chi connectivity index (χ4v) is 3.82. The predicted octanol–water partition coefficient (Wildman–Crippen LogP) is 0.752. The van der Waals surface area contributed by atoms with Crippen LogP contribution in [0.1, 0.15) is 12.0 Å². The number of aliphatic hydroxyl groups is 1. The lowest BCUT2D eigenvalue weighted by Gasteiger charge is -2.31. The third kappa shape index (κ3) is 3.84. The average Bonchev–Trinajstić information content (AvgIpc) is 3.26. The van der Waals surface area contributed by atoms with E-state index in [1.54, 1.807) is 17.1 Å². The van der Waals surface area contributed by atoms with Crippen molar-refractivity contribution in [1.29, 1.82) is 0 Å². The quantitative estimate of drug-likeness (QED) is 0.864. The van der Waals surface area contributed by atoms with E-state index in [-0.39, 0.29) is 0 Å². The van der Waals surface area contributed by atoms with Crippen LogP contribution in [0.15, 0.2) is 36.7 Å². The van der Waals surface area contributed by atoms with Crippen molar-refractivity contribution in [3.8, 4) is 0 Å². The van der Waals surface area contributed by atoms with Crippen molar-refractivity contribution >= 4 is 5.69 Å². The molecule has 0 radical (unpaired) electrons. The lowest BCUT2D eigenvalue weighted by atomic mass is 10.0. The van der Waals surface area contributed by atoms with E-state index >= 15 is 0 Å². The number of morpholine rings is 1. The molecule has 1 aromatic carbocycles. The summed E-state index contributed by atoms with van der Waals surface area (Å²) in [5.41, 5.74) is 1.87. The number of para-hydroxylation sites is 1. The molecule has 2 aliphatic heterocycles. The molecule has 1 unspecified atom stereocenters. The zero-order chi connectivity index (χ0) is 17.1. The van der Waals surface area contributed by atoms with Gasteiger partial charge >= 0.3 is 0 Å². The molecule has 7 heteroatoms. The molecule has 0 spiro atoms. The summed E-state index contributed by atoms with van der Waals surface area (Å²) in [5, 5.41) is 18.7. The zero-order valence-corrected chi connectivity index (χ0v) is 14.4. The minimum absolute atomic E-state index is 0.495. The highest BCUT2D eigenvalue weighted by Gasteiger charge is 2.36. The maximum absolute atomic E-state index is 10.9. The molecule has 2 saturated heterocycles. The molecule has 0 bridgehead atoms. The second-order valence-electron chi connectivity index (χ2n) is 7.01. The van der Waals surface area contributed by atoms with Crippen molar-refractivity contribution < 1.29 is 9.84 Å². The first-order valence-corrected chi connectivity index (χ1v) is 8.91. The van der Waals surface area contributed by atoms with Crippen LogP contribution < -0.4 is 4.90 Å². The first-order chi connectivity index (χ1) is 12.2. The maximum Gasteiger partial charge on any atom is 0.0981 e. The normalized spacial score (nSPS) is 24.8. The first-order valence-electron chi connectivity index (χ1n) is 8.91. The van der Waals surface area contributed by atoms with Crippen molar-refractivity contribution in [1.82, 2.24) is 19.9 Å². The maximum atomic E-state index is 10.9. The van der Waals surface area contributed by atoms with Gasteiger partial charge in [-0.25, -0.2) is 4.68 Å². The molecule has 1 aromatic heterocycles. The van der Waals surface area contributed by atoms with Crippen molar-refractivity contribution in [3.63, 3.8) is 0 Å². The van der Waals surface area contributed by atoms with Gasteiger partial charge in [0.15, 0.2) is 0 Å². The molecule has 2 fully saturated rings. The SMILES string of the molecule is OC1(Cn2ccnn2)CCN(Cc2ccccc2N2CCOCC2)C1. The highest BCUT2D eigenvalue weighted by molar-refractivity contribution is 5.54. The molecule has 0 saturated carbocycles. The van der Waals surface area contributed by atoms with Crippen molar-refractivity contribution in [2.45, 2.75) is 25.1 Å². The summed E-state index contributed by atoms with van der Waals surface area (Å²) < 4.78 is 7.19. The number of anilines is 1. The number of ether oxygens (including phenoxy) is 1. The van der Waals surface area contributed by atoms with Crippen LogP contribution >= 0.6 is 0 Å². The molecule has 134 valence electrons. The number of rotatable bonds is 5. The van der Waals surface area contributed by atoms with E-state index in [1.165, 1.54) is 11.3 Å². The molecule has 25 heavy (non-hydrogen) atoms. The Morgan fingerprint density at radius 3 is 2.80 bits per heavy atom. The Labute approximate surface area is 147 Å². The number of nitrogens with zero attached hydrogens (tertiary/aromatic N) is 5. The van der Waals surface area contributed by atoms with Crippen LogP contribution in [0, 0.1) is 0 Å². The van der Waals surface area contributed by atoms with Gasteiger partial charge in [-0.2, -0.15) is 0 Å². The molecule has 0 amide bonds. The van der Waals surface area contributed by atoms with Gasteiger partial charge < -0.3 is 14.7 Å². The van der Waals surface area contributed by atoms with Gasteiger partial charge in [0.2, 0.25) is 0 Å². The molecule has 2 aromatic rings. The van der Waals surface area contributed by atoms with E-state index in [0.29, 0.717) is 13.1 Å². The summed E-state index contributed by atoms with van der Waals surface area (Å²) in [6.07, 6.45) is 4.20. The van der Waals surface area contributed by atoms with Crippen LogP contribution in [-0.2, 0) is 17.8 Å². The summed E-state index contributed by atoms with van der Waals surface area (Å²) in [7, 11) is 0. The van der Waals surface area contributed by atoms with Crippen molar-refractivity contribution in [3.05, 3.63) is 42.2 Å². The van der Waals surface area contributed by atoms with Gasteiger partial charge in [0.1, 0.15) is 0 Å². The highest BCUT2D eigenvalue weighted by atomic mass is 16.5. The number of hydrogen-bond acceptors (Lipinski definition) is 6. The summed E-state index contributed by atoms with van der Waals surface area (Å²) in [6, 6.07) is 8.58. The highest BCUT2D eigenvalue weighted by Crippen LogP contribution is 2.28. The van der Waals surface area contributed by atoms with Crippen LogP contribution in [-0.4, -0.2) is 70.0 Å². The van der Waals surface area contributed by atoms with Crippen molar-refractivity contribution in [2.24, 2.45) is 0 Å². The number of likely N-dealkylation sites (tertiary alicyclic amines) is 1. The second-order valence-corrected chi connectivity index (χ2v) is 7.01. The van der Waals surface area contributed by atoms with Gasteiger partial charge in [-0.1, -0.05) is 23.4 Å². The van der Waals surface area contributed by atoms with E-state index < -0.39 is 5.60 Å². The third-order valence-corrected chi connectivity index (χ3v) is 5.08. The van der Waals surface area contributed by atoms with Crippen LogP contribution in [0.25, 0.3) is 0 Å². The number of β-amino-alcohol motifs (C(OH)–C–C–N with tert-alkyl or cyclic N) is 1. The number of aromatic nitrogens is 3. The lowest BCUT2D eigenvalue weighted by Crippen LogP contribution is -2.38. The molecular weight excluding hydrogens is 318 g/mol. The smallest absolute Gasteiger partial charge is 0.0981 e. The third-order valence-electron chi connectivity index (χ3n) is 5.08. The number of benzene rings is 1. The minimum atomic E-state index is -0.735. The Morgan fingerprint density at radius 2 is 2.00 bits per heavy atom. The molecule has 1 atom stereocenters. The van der Waals surface area contributed by atoms with Crippen LogP contribution in [0.5, 0.6) is 0 Å². The molecule has 0 aliphatic carbocycles. The van der Waals surface area contributed by atoms with E-state index in [4.69, 9.17) is 4.74 Å². The molecule has 2 aliphatic rings. The first kappa shape index (κ1) is 16.5. The largest absolute Gasteiger partial charge is 0.387 e. The monoisotopic (exact) mass is 343 g/mol. The minimum Gasteiger partial charge on any atom is -0.387 e. The Balaban J connectivity index is 1.43. The van der Waals surface area contributed by atoms with Gasteiger partial charge in [-0.15, -0.1) is 5.10 Å². The predicted molar refractivity (Wildman–Crippen MR) is 94.3 cm³/mol. The van der Waals surface area contributed by atoms with E-state index in [2.05, 4.69) is 44.4 Å². The zero-order valence-electron chi connectivity index (χ0n) is 14.4. The Kier molecular flexibility index (Phi) is 4.70. The summed E-state index contributed by atoms with van der Waals surface area (Å²) >= 11 is 0. The van der Waals surface area contributed by atoms with Gasteiger partial charge in [-0.05, 0) is 18.1 Å². The van der Waals surface area contributed by atoms with Gasteiger partial charge in [0.25, 0.3) is 0 Å². The van der Waals surface area contributed by atoms with Gasteiger partial charge in [-0.3, -0.25) is 4.90 Å². The Morgan fingerprint density at radius 1 is 1.16 bits per heavy atom. The average molecular weight is 343 g/mol. The lowest BCUT2D eigenvalue weighted by molar-refractivity contribution is 0.0274. The molecular formula is C18H25N5O2. The van der Waals surface area contributed by atoms with Crippen LogP contribution in [0.3, 0.4) is 0 Å². The number of hydrogen-bond donors (Lipinski definition) is 1. The van der Waals surface area contributed by atoms with Crippen LogP contribution in [0.2, 0.25) is 0 Å². The van der Waals surface area contributed by atoms with Crippen molar-refractivity contribution in [2.75, 3.05) is 44.3 Å². The van der Waals surface area contributed by atoms with Gasteiger partial charge in [0.05, 0.1) is 31.6 Å².